The predicted molar refractivity (Wildman–Crippen MR) is 117 cm³/mol. The van der Waals surface area contributed by atoms with Crippen LogP contribution in [0.4, 0.5) is 0 Å². The average Bonchev–Trinajstić information content (AvgIpc) is 3.25. The van der Waals surface area contributed by atoms with Gasteiger partial charge in [-0.05, 0) is 23.3 Å². The zero-order chi connectivity index (χ0) is 19.9. The average molecular weight is 400 g/mol. The Kier molecular flexibility index (Phi) is 6.07. The van der Waals surface area contributed by atoms with Crippen LogP contribution in [0.1, 0.15) is 22.7 Å². The third-order valence-electron chi connectivity index (χ3n) is 4.64. The van der Waals surface area contributed by atoms with Gasteiger partial charge in [-0.25, -0.2) is 4.98 Å². The van der Waals surface area contributed by atoms with Crippen LogP contribution in [0.15, 0.2) is 90.4 Å². The number of benzene rings is 2. The first kappa shape index (κ1) is 19.0. The van der Waals surface area contributed by atoms with E-state index in [1.807, 2.05) is 84.2 Å². The minimum Gasteiger partial charge on any atom is -0.355 e. The van der Waals surface area contributed by atoms with Crippen LogP contribution >= 0.6 is 11.3 Å². The van der Waals surface area contributed by atoms with E-state index in [0.29, 0.717) is 13.0 Å². The number of carbonyl (C=O) groups excluding carboxylic acids is 1. The maximum absolute atomic E-state index is 13.0. The standard InChI is InChI=1S/C24H21N3OS/c28-23(22(18-9-3-1-4-10-18)19-11-5-2-6-12-19)26-16-14-20-17-29-24(27-20)21-13-7-8-15-25-21/h1-13,15,17,22H,14,16H2,(H,26,28). The molecule has 0 aliphatic rings. The first-order valence-electron chi connectivity index (χ1n) is 9.54. The minimum absolute atomic E-state index is 0.00239. The van der Waals surface area contributed by atoms with Crippen molar-refractivity contribution in [3.63, 3.8) is 0 Å². The Morgan fingerprint density at radius 1 is 0.897 bits per heavy atom. The molecule has 0 aliphatic heterocycles. The molecule has 4 rings (SSSR count). The van der Waals surface area contributed by atoms with Gasteiger partial charge in [0.15, 0.2) is 0 Å². The lowest BCUT2D eigenvalue weighted by molar-refractivity contribution is -0.121. The van der Waals surface area contributed by atoms with Crippen LogP contribution in [-0.4, -0.2) is 22.4 Å². The van der Waals surface area contributed by atoms with E-state index in [2.05, 4.69) is 15.3 Å². The molecule has 4 nitrogen and oxygen atoms in total. The summed E-state index contributed by atoms with van der Waals surface area (Å²) in [4.78, 5) is 22.0. The van der Waals surface area contributed by atoms with E-state index in [4.69, 9.17) is 0 Å². The van der Waals surface area contributed by atoms with Crippen molar-refractivity contribution in [1.82, 2.24) is 15.3 Å². The van der Waals surface area contributed by atoms with Gasteiger partial charge >= 0.3 is 0 Å². The van der Waals surface area contributed by atoms with Crippen molar-refractivity contribution >= 4 is 17.2 Å². The summed E-state index contributed by atoms with van der Waals surface area (Å²) in [6, 6.07) is 25.6. The second-order valence-electron chi connectivity index (χ2n) is 6.65. The lowest BCUT2D eigenvalue weighted by Gasteiger charge is -2.17. The summed E-state index contributed by atoms with van der Waals surface area (Å²) in [5.74, 6) is -0.320. The van der Waals surface area contributed by atoms with Crippen LogP contribution in [0.3, 0.4) is 0 Å². The molecule has 1 amide bonds. The van der Waals surface area contributed by atoms with Crippen molar-refractivity contribution < 1.29 is 4.79 Å². The van der Waals surface area contributed by atoms with E-state index >= 15 is 0 Å². The molecule has 5 heteroatoms. The van der Waals surface area contributed by atoms with Gasteiger partial charge in [0.25, 0.3) is 0 Å². The molecule has 0 bridgehead atoms. The Morgan fingerprint density at radius 3 is 2.17 bits per heavy atom. The van der Waals surface area contributed by atoms with Gasteiger partial charge in [0.1, 0.15) is 5.01 Å². The van der Waals surface area contributed by atoms with E-state index in [1.165, 1.54) is 0 Å². The largest absolute Gasteiger partial charge is 0.355 e. The highest BCUT2D eigenvalue weighted by Gasteiger charge is 2.22. The molecule has 29 heavy (non-hydrogen) atoms. The van der Waals surface area contributed by atoms with Gasteiger partial charge in [0, 0.05) is 24.5 Å². The Bertz CT molecular complexity index is 1010. The fourth-order valence-electron chi connectivity index (χ4n) is 3.23. The molecule has 2 heterocycles. The van der Waals surface area contributed by atoms with E-state index in [-0.39, 0.29) is 11.8 Å². The Morgan fingerprint density at radius 2 is 1.55 bits per heavy atom. The maximum atomic E-state index is 13.0. The van der Waals surface area contributed by atoms with E-state index in [1.54, 1.807) is 17.5 Å². The van der Waals surface area contributed by atoms with E-state index in [9.17, 15) is 4.79 Å². The highest BCUT2D eigenvalue weighted by Crippen LogP contribution is 2.25. The Labute approximate surface area is 174 Å². The first-order valence-corrected chi connectivity index (χ1v) is 10.4. The number of hydrogen-bond acceptors (Lipinski definition) is 4. The van der Waals surface area contributed by atoms with Gasteiger partial charge in [-0.15, -0.1) is 11.3 Å². The van der Waals surface area contributed by atoms with Gasteiger partial charge in [0.2, 0.25) is 5.91 Å². The number of nitrogens with one attached hydrogen (secondary N) is 1. The predicted octanol–water partition coefficient (Wildman–Crippen LogP) is 4.70. The van der Waals surface area contributed by atoms with Crippen molar-refractivity contribution in [3.05, 3.63) is 107 Å². The quantitative estimate of drug-likeness (QED) is 0.490. The highest BCUT2D eigenvalue weighted by molar-refractivity contribution is 7.13. The number of aromatic nitrogens is 2. The molecule has 0 saturated heterocycles. The summed E-state index contributed by atoms with van der Waals surface area (Å²) in [5, 5.41) is 6.02. The second-order valence-corrected chi connectivity index (χ2v) is 7.51. The topological polar surface area (TPSA) is 54.9 Å². The highest BCUT2D eigenvalue weighted by atomic mass is 32.1. The number of carbonyl (C=O) groups is 1. The molecule has 0 unspecified atom stereocenters. The van der Waals surface area contributed by atoms with Crippen LogP contribution in [0.5, 0.6) is 0 Å². The van der Waals surface area contributed by atoms with Crippen LogP contribution in [-0.2, 0) is 11.2 Å². The zero-order valence-corrected chi connectivity index (χ0v) is 16.7. The summed E-state index contributed by atoms with van der Waals surface area (Å²) >= 11 is 1.58. The monoisotopic (exact) mass is 399 g/mol. The molecular formula is C24H21N3OS. The summed E-state index contributed by atoms with van der Waals surface area (Å²) in [5.41, 5.74) is 3.82. The van der Waals surface area contributed by atoms with Crippen molar-refractivity contribution in [1.29, 1.82) is 0 Å². The Balaban J connectivity index is 1.42. The molecule has 0 fully saturated rings. The SMILES string of the molecule is O=C(NCCc1csc(-c2ccccn2)n1)C(c1ccccc1)c1ccccc1. The number of pyridine rings is 1. The fraction of sp³-hybridized carbons (Fsp3) is 0.125. The van der Waals surface area contributed by atoms with Crippen molar-refractivity contribution in [2.45, 2.75) is 12.3 Å². The number of thiazole rings is 1. The van der Waals surface area contributed by atoms with Gasteiger partial charge in [-0.1, -0.05) is 66.7 Å². The number of rotatable bonds is 7. The van der Waals surface area contributed by atoms with Crippen molar-refractivity contribution in [3.8, 4) is 10.7 Å². The summed E-state index contributed by atoms with van der Waals surface area (Å²) in [6.07, 6.45) is 2.45. The fourth-order valence-corrected chi connectivity index (χ4v) is 4.06. The molecule has 0 atom stereocenters. The van der Waals surface area contributed by atoms with E-state index in [0.717, 1.165) is 27.5 Å². The smallest absolute Gasteiger partial charge is 0.232 e. The van der Waals surface area contributed by atoms with Gasteiger partial charge < -0.3 is 5.32 Å². The van der Waals surface area contributed by atoms with Crippen molar-refractivity contribution in [2.24, 2.45) is 0 Å². The third-order valence-corrected chi connectivity index (χ3v) is 5.56. The molecule has 2 aromatic carbocycles. The third kappa shape index (κ3) is 4.76. The van der Waals surface area contributed by atoms with Gasteiger partial charge in [-0.3, -0.25) is 9.78 Å². The summed E-state index contributed by atoms with van der Waals surface area (Å²) < 4.78 is 0. The summed E-state index contributed by atoms with van der Waals surface area (Å²) in [6.45, 7) is 0.542. The number of amides is 1. The molecule has 2 aromatic heterocycles. The maximum Gasteiger partial charge on any atom is 0.232 e. The molecule has 4 aromatic rings. The number of nitrogens with zero attached hydrogens (tertiary/aromatic N) is 2. The van der Waals surface area contributed by atoms with Crippen LogP contribution in [0.2, 0.25) is 0 Å². The van der Waals surface area contributed by atoms with Crippen LogP contribution in [0, 0.1) is 0 Å². The molecule has 144 valence electrons. The summed E-state index contributed by atoms with van der Waals surface area (Å²) in [7, 11) is 0. The molecule has 0 radical (unpaired) electrons. The first-order chi connectivity index (χ1) is 14.3. The molecule has 0 saturated carbocycles. The molecule has 0 aliphatic carbocycles. The molecule has 1 N–H and O–H groups in total. The lowest BCUT2D eigenvalue weighted by atomic mass is 9.90. The zero-order valence-electron chi connectivity index (χ0n) is 15.9. The molecular weight excluding hydrogens is 378 g/mol. The second kappa shape index (κ2) is 9.26. The van der Waals surface area contributed by atoms with E-state index < -0.39 is 0 Å². The lowest BCUT2D eigenvalue weighted by Crippen LogP contribution is -2.31. The van der Waals surface area contributed by atoms with Crippen molar-refractivity contribution in [2.75, 3.05) is 6.54 Å². The van der Waals surface area contributed by atoms with Crippen LogP contribution in [0.25, 0.3) is 10.7 Å². The van der Waals surface area contributed by atoms with Crippen LogP contribution < -0.4 is 5.32 Å². The number of hydrogen-bond donors (Lipinski definition) is 1. The minimum atomic E-state index is -0.322. The van der Waals surface area contributed by atoms with Gasteiger partial charge in [0.05, 0.1) is 17.3 Å². The Hall–Kier alpha value is -3.31. The van der Waals surface area contributed by atoms with Gasteiger partial charge in [-0.2, -0.15) is 0 Å². The normalized spacial score (nSPS) is 10.8. The molecule has 0 spiro atoms.